The van der Waals surface area contributed by atoms with Gasteiger partial charge in [-0.05, 0) is 43.0 Å². The fourth-order valence-electron chi connectivity index (χ4n) is 4.18. The van der Waals surface area contributed by atoms with Gasteiger partial charge in [0.25, 0.3) is 0 Å². The Morgan fingerprint density at radius 2 is 2.00 bits per heavy atom. The fourth-order valence-corrected chi connectivity index (χ4v) is 4.18. The molecular weight excluding hydrogens is 364 g/mol. The third kappa shape index (κ3) is 3.62. The zero-order chi connectivity index (χ0) is 19.6. The Kier molecular flexibility index (Phi) is 4.76. The number of para-hydroxylation sites is 1. The molecule has 0 fully saturated rings. The minimum Gasteiger partial charge on any atom is -0.492 e. The Labute approximate surface area is 169 Å². The molecular formula is C23H24N4O2. The minimum atomic E-state index is -0.196. The van der Waals surface area contributed by atoms with Gasteiger partial charge in [0.2, 0.25) is 5.91 Å². The molecule has 1 aromatic heterocycles. The first kappa shape index (κ1) is 17.9. The van der Waals surface area contributed by atoms with Gasteiger partial charge in [0.15, 0.2) is 5.82 Å². The zero-order valence-electron chi connectivity index (χ0n) is 16.3. The minimum absolute atomic E-state index is 0.0169. The highest BCUT2D eigenvalue weighted by Gasteiger charge is 2.26. The van der Waals surface area contributed by atoms with Crippen LogP contribution < -0.4 is 10.1 Å². The van der Waals surface area contributed by atoms with Gasteiger partial charge in [-0.2, -0.15) is 0 Å². The van der Waals surface area contributed by atoms with E-state index in [9.17, 15) is 4.79 Å². The van der Waals surface area contributed by atoms with E-state index in [1.807, 2.05) is 48.5 Å². The second-order valence-corrected chi connectivity index (χ2v) is 7.79. The molecule has 2 aliphatic rings. The van der Waals surface area contributed by atoms with Crippen molar-refractivity contribution in [1.29, 1.82) is 0 Å². The number of fused-ring (bicyclic) bond motifs is 2. The lowest BCUT2D eigenvalue weighted by molar-refractivity contribution is -0.121. The molecule has 0 saturated carbocycles. The van der Waals surface area contributed by atoms with Gasteiger partial charge < -0.3 is 14.6 Å². The number of nitrogens with one attached hydrogen (secondary N) is 1. The third-order valence-electron chi connectivity index (χ3n) is 5.75. The number of aryl methyl sites for hydroxylation is 1. The molecule has 1 atom stereocenters. The van der Waals surface area contributed by atoms with Crippen molar-refractivity contribution >= 4 is 11.6 Å². The number of amides is 1. The summed E-state index contributed by atoms with van der Waals surface area (Å²) in [5.41, 5.74) is 2.84. The van der Waals surface area contributed by atoms with Crippen LogP contribution in [-0.4, -0.2) is 27.3 Å². The lowest BCUT2D eigenvalue weighted by atomic mass is 9.96. The van der Waals surface area contributed by atoms with Crippen LogP contribution in [0.4, 0.5) is 5.69 Å². The van der Waals surface area contributed by atoms with Crippen LogP contribution in [0.3, 0.4) is 0 Å². The Hall–Kier alpha value is -3.15. The van der Waals surface area contributed by atoms with Gasteiger partial charge in [-0.25, -0.2) is 0 Å². The predicted molar refractivity (Wildman–Crippen MR) is 111 cm³/mol. The summed E-state index contributed by atoms with van der Waals surface area (Å²) in [6.45, 7) is 1.35. The average molecular weight is 388 g/mol. The van der Waals surface area contributed by atoms with Crippen LogP contribution in [0.2, 0.25) is 0 Å². The van der Waals surface area contributed by atoms with Gasteiger partial charge in [-0.1, -0.05) is 36.8 Å². The number of carbonyl (C=O) groups is 1. The second kappa shape index (κ2) is 7.70. The number of hydrogen-bond acceptors (Lipinski definition) is 4. The number of benzene rings is 2. The molecule has 2 aromatic carbocycles. The summed E-state index contributed by atoms with van der Waals surface area (Å²) in [5.74, 6) is 2.61. The largest absolute Gasteiger partial charge is 0.492 e. The van der Waals surface area contributed by atoms with E-state index in [0.717, 1.165) is 53.6 Å². The molecule has 6 nitrogen and oxygen atoms in total. The van der Waals surface area contributed by atoms with Crippen molar-refractivity contribution in [2.24, 2.45) is 5.92 Å². The molecule has 148 valence electrons. The third-order valence-corrected chi connectivity index (χ3v) is 5.75. The molecule has 0 aliphatic carbocycles. The van der Waals surface area contributed by atoms with Crippen molar-refractivity contribution in [3.8, 4) is 17.1 Å². The fraction of sp³-hybridized carbons (Fsp3) is 0.348. The van der Waals surface area contributed by atoms with Crippen molar-refractivity contribution in [2.45, 2.75) is 38.6 Å². The Balaban J connectivity index is 1.33. The Morgan fingerprint density at radius 3 is 2.97 bits per heavy atom. The summed E-state index contributed by atoms with van der Waals surface area (Å²) in [6.07, 6.45) is 5.22. The standard InChI is InChI=1S/C23H24N4O2/c28-23(18-13-16-7-3-4-10-20(16)29-15-18)24-19-9-6-8-17(14-19)22-26-25-21-11-2-1-5-12-27(21)22/h3-4,6-10,14,18H,1-2,5,11-13,15H2,(H,24,28)/t18-/m0/s1. The molecule has 5 rings (SSSR count). The second-order valence-electron chi connectivity index (χ2n) is 7.79. The van der Waals surface area contributed by atoms with E-state index in [2.05, 4.69) is 20.1 Å². The van der Waals surface area contributed by atoms with E-state index in [1.165, 1.54) is 12.8 Å². The zero-order valence-corrected chi connectivity index (χ0v) is 16.3. The summed E-state index contributed by atoms with van der Waals surface area (Å²) in [6, 6.07) is 15.8. The van der Waals surface area contributed by atoms with Crippen molar-refractivity contribution in [3.63, 3.8) is 0 Å². The highest BCUT2D eigenvalue weighted by Crippen LogP contribution is 2.28. The quantitative estimate of drug-likeness (QED) is 0.740. The highest BCUT2D eigenvalue weighted by molar-refractivity contribution is 5.93. The molecule has 0 saturated heterocycles. The maximum absolute atomic E-state index is 12.8. The topological polar surface area (TPSA) is 69.0 Å². The molecule has 3 aromatic rings. The molecule has 0 spiro atoms. The van der Waals surface area contributed by atoms with Crippen LogP contribution in [0.1, 0.15) is 30.7 Å². The molecule has 2 aliphatic heterocycles. The molecule has 1 amide bonds. The molecule has 0 bridgehead atoms. The van der Waals surface area contributed by atoms with E-state index in [0.29, 0.717) is 13.0 Å². The van der Waals surface area contributed by atoms with Crippen molar-refractivity contribution < 1.29 is 9.53 Å². The average Bonchev–Trinajstić information content (AvgIpc) is 3.02. The smallest absolute Gasteiger partial charge is 0.231 e. The van der Waals surface area contributed by atoms with Crippen molar-refractivity contribution in [2.75, 3.05) is 11.9 Å². The van der Waals surface area contributed by atoms with Crippen molar-refractivity contribution in [1.82, 2.24) is 14.8 Å². The normalized spacial score (nSPS) is 18.1. The van der Waals surface area contributed by atoms with E-state index >= 15 is 0 Å². The number of carbonyl (C=O) groups excluding carboxylic acids is 1. The number of nitrogens with zero attached hydrogens (tertiary/aromatic N) is 3. The number of ether oxygens (including phenoxy) is 1. The number of rotatable bonds is 3. The number of anilines is 1. The van der Waals surface area contributed by atoms with E-state index in [1.54, 1.807) is 0 Å². The van der Waals surface area contributed by atoms with Crippen LogP contribution in [0.25, 0.3) is 11.4 Å². The summed E-state index contributed by atoms with van der Waals surface area (Å²) in [7, 11) is 0. The maximum atomic E-state index is 12.8. The molecule has 3 heterocycles. The van der Waals surface area contributed by atoms with E-state index in [4.69, 9.17) is 4.74 Å². The highest BCUT2D eigenvalue weighted by atomic mass is 16.5. The van der Waals surface area contributed by atoms with Crippen LogP contribution in [-0.2, 0) is 24.2 Å². The monoisotopic (exact) mass is 388 g/mol. The first-order valence-electron chi connectivity index (χ1n) is 10.3. The molecule has 1 N–H and O–H groups in total. The van der Waals surface area contributed by atoms with E-state index in [-0.39, 0.29) is 11.8 Å². The van der Waals surface area contributed by atoms with E-state index < -0.39 is 0 Å². The first-order valence-corrected chi connectivity index (χ1v) is 10.3. The maximum Gasteiger partial charge on any atom is 0.231 e. The van der Waals surface area contributed by atoms with Gasteiger partial charge in [-0.15, -0.1) is 10.2 Å². The van der Waals surface area contributed by atoms with Crippen molar-refractivity contribution in [3.05, 3.63) is 59.9 Å². The molecule has 0 radical (unpaired) electrons. The molecule has 0 unspecified atom stereocenters. The van der Waals surface area contributed by atoms with Crippen LogP contribution in [0.15, 0.2) is 48.5 Å². The summed E-state index contributed by atoms with van der Waals surface area (Å²) < 4.78 is 7.99. The van der Waals surface area contributed by atoms with Gasteiger partial charge in [0.05, 0.1) is 5.92 Å². The molecule has 6 heteroatoms. The number of aromatic nitrogens is 3. The number of hydrogen-bond donors (Lipinski definition) is 1. The van der Waals surface area contributed by atoms with Gasteiger partial charge >= 0.3 is 0 Å². The summed E-state index contributed by atoms with van der Waals surface area (Å²) >= 11 is 0. The summed E-state index contributed by atoms with van der Waals surface area (Å²) in [5, 5.41) is 11.9. The Bertz CT molecular complexity index is 1040. The predicted octanol–water partition coefficient (Wildman–Crippen LogP) is 3.86. The van der Waals surface area contributed by atoms with Crippen LogP contribution in [0.5, 0.6) is 5.75 Å². The van der Waals surface area contributed by atoms with Gasteiger partial charge in [-0.3, -0.25) is 4.79 Å². The van der Waals surface area contributed by atoms with Crippen LogP contribution in [0, 0.1) is 5.92 Å². The van der Waals surface area contributed by atoms with Crippen LogP contribution >= 0.6 is 0 Å². The first-order chi connectivity index (χ1) is 14.3. The van der Waals surface area contributed by atoms with Gasteiger partial charge in [0, 0.05) is 24.2 Å². The lowest BCUT2D eigenvalue weighted by Crippen LogP contribution is -2.32. The SMILES string of the molecule is O=C(Nc1cccc(-c2nnc3n2CCCCC3)c1)[C@@H]1COc2ccccc2C1. The summed E-state index contributed by atoms with van der Waals surface area (Å²) in [4.78, 5) is 12.8. The Morgan fingerprint density at radius 1 is 1.07 bits per heavy atom. The lowest BCUT2D eigenvalue weighted by Gasteiger charge is -2.24. The molecule has 29 heavy (non-hydrogen) atoms. The van der Waals surface area contributed by atoms with Gasteiger partial charge in [0.1, 0.15) is 18.2 Å².